The Morgan fingerprint density at radius 2 is 1.92 bits per heavy atom. The van der Waals surface area contributed by atoms with Crippen LogP contribution in [0.25, 0.3) is 0 Å². The molecule has 0 aromatic heterocycles. The molecule has 1 atom stereocenters. The number of hydrogen-bond donors (Lipinski definition) is 3. The Morgan fingerprint density at radius 3 is 2.62 bits per heavy atom. The van der Waals surface area contributed by atoms with Crippen LogP contribution in [0.5, 0.6) is 0 Å². The summed E-state index contributed by atoms with van der Waals surface area (Å²) < 4.78 is 0. The number of amides is 2. The second kappa shape index (κ2) is 9.94. The molecule has 2 amide bonds. The number of nitrogens with one attached hydrogen (secondary N) is 2. The van der Waals surface area contributed by atoms with Crippen molar-refractivity contribution in [1.82, 2.24) is 5.32 Å². The molecule has 1 saturated carbocycles. The van der Waals surface area contributed by atoms with Gasteiger partial charge in [0.25, 0.3) is 0 Å². The number of carbonyl (C=O) groups is 3. The highest BCUT2D eigenvalue weighted by Crippen LogP contribution is 2.26. The Bertz CT molecular complexity index is 638. The first-order valence-corrected chi connectivity index (χ1v) is 9.35. The van der Waals surface area contributed by atoms with Gasteiger partial charge >= 0.3 is 5.97 Å². The van der Waals surface area contributed by atoms with Gasteiger partial charge in [-0.05, 0) is 49.8 Å². The van der Waals surface area contributed by atoms with Crippen molar-refractivity contribution in [3.05, 3.63) is 29.8 Å². The average molecular weight is 360 g/mol. The third-order valence-electron chi connectivity index (χ3n) is 4.79. The minimum absolute atomic E-state index is 0.0467. The van der Waals surface area contributed by atoms with Crippen molar-refractivity contribution >= 4 is 23.5 Å². The first-order chi connectivity index (χ1) is 12.4. The highest BCUT2D eigenvalue weighted by molar-refractivity contribution is 5.96. The standard InChI is InChI=1S/C20H28N2O4/c1-14(21-18(23)13-15-6-3-2-4-7-15)20(26)22-17-9-5-8-16(12-17)10-11-19(24)25/h5,8-9,12,14-15H,2-4,6-7,10-11,13H2,1H3,(H,21,23)(H,22,26)(H,24,25). The Kier molecular flexibility index (Phi) is 7.63. The molecule has 1 aliphatic carbocycles. The monoisotopic (exact) mass is 360 g/mol. The van der Waals surface area contributed by atoms with Gasteiger partial charge in [0, 0.05) is 18.5 Å². The lowest BCUT2D eigenvalue weighted by atomic mass is 9.87. The van der Waals surface area contributed by atoms with Gasteiger partial charge in [0.1, 0.15) is 6.04 Å². The van der Waals surface area contributed by atoms with Crippen LogP contribution in [0, 0.1) is 5.92 Å². The Morgan fingerprint density at radius 1 is 1.19 bits per heavy atom. The van der Waals surface area contributed by atoms with Crippen molar-refractivity contribution in [3.8, 4) is 0 Å². The SMILES string of the molecule is CC(NC(=O)CC1CCCCC1)C(=O)Nc1cccc(CCC(=O)O)c1. The summed E-state index contributed by atoms with van der Waals surface area (Å²) in [6, 6.07) is 6.50. The number of benzene rings is 1. The molecule has 142 valence electrons. The van der Waals surface area contributed by atoms with Crippen molar-refractivity contribution in [2.45, 2.75) is 64.3 Å². The zero-order valence-electron chi connectivity index (χ0n) is 15.3. The summed E-state index contributed by atoms with van der Waals surface area (Å²) in [7, 11) is 0. The van der Waals surface area contributed by atoms with Crippen LogP contribution in [-0.2, 0) is 20.8 Å². The molecular formula is C20H28N2O4. The van der Waals surface area contributed by atoms with Crippen LogP contribution in [0.3, 0.4) is 0 Å². The van der Waals surface area contributed by atoms with E-state index in [1.165, 1.54) is 19.3 Å². The second-order valence-electron chi connectivity index (χ2n) is 7.08. The molecule has 2 rings (SSSR count). The van der Waals surface area contributed by atoms with Crippen LogP contribution in [0.4, 0.5) is 5.69 Å². The summed E-state index contributed by atoms with van der Waals surface area (Å²) in [5.41, 5.74) is 1.45. The quantitative estimate of drug-likeness (QED) is 0.664. The van der Waals surface area contributed by atoms with E-state index in [0.29, 0.717) is 24.4 Å². The Hall–Kier alpha value is -2.37. The van der Waals surface area contributed by atoms with Crippen molar-refractivity contribution in [3.63, 3.8) is 0 Å². The van der Waals surface area contributed by atoms with Gasteiger partial charge in [0.15, 0.2) is 0 Å². The minimum atomic E-state index is -0.853. The van der Waals surface area contributed by atoms with Gasteiger partial charge in [-0.15, -0.1) is 0 Å². The molecule has 0 spiro atoms. The van der Waals surface area contributed by atoms with E-state index in [0.717, 1.165) is 18.4 Å². The van der Waals surface area contributed by atoms with Gasteiger partial charge in [-0.1, -0.05) is 31.4 Å². The fourth-order valence-electron chi connectivity index (χ4n) is 3.33. The fraction of sp³-hybridized carbons (Fsp3) is 0.550. The molecule has 0 heterocycles. The van der Waals surface area contributed by atoms with Crippen molar-refractivity contribution in [2.24, 2.45) is 5.92 Å². The summed E-state index contributed by atoms with van der Waals surface area (Å²) in [6.45, 7) is 1.67. The summed E-state index contributed by atoms with van der Waals surface area (Å²) in [4.78, 5) is 35.1. The van der Waals surface area contributed by atoms with E-state index in [1.807, 2.05) is 6.07 Å². The number of hydrogen-bond acceptors (Lipinski definition) is 3. The molecule has 1 fully saturated rings. The van der Waals surface area contributed by atoms with Gasteiger partial charge in [-0.25, -0.2) is 0 Å². The van der Waals surface area contributed by atoms with E-state index in [1.54, 1.807) is 25.1 Å². The molecule has 1 aromatic rings. The second-order valence-corrected chi connectivity index (χ2v) is 7.08. The summed E-state index contributed by atoms with van der Waals surface area (Å²) >= 11 is 0. The molecular weight excluding hydrogens is 332 g/mol. The normalized spacial score (nSPS) is 15.9. The van der Waals surface area contributed by atoms with Gasteiger partial charge in [-0.3, -0.25) is 14.4 Å². The van der Waals surface area contributed by atoms with Crippen LogP contribution in [0.1, 0.15) is 57.4 Å². The predicted molar refractivity (Wildman–Crippen MR) is 99.8 cm³/mol. The fourth-order valence-corrected chi connectivity index (χ4v) is 3.33. The number of anilines is 1. The molecule has 0 saturated heterocycles. The minimum Gasteiger partial charge on any atom is -0.481 e. The molecule has 1 aromatic carbocycles. The van der Waals surface area contributed by atoms with Gasteiger partial charge in [0.2, 0.25) is 11.8 Å². The van der Waals surface area contributed by atoms with Crippen LogP contribution >= 0.6 is 0 Å². The van der Waals surface area contributed by atoms with Crippen LogP contribution in [-0.4, -0.2) is 28.9 Å². The molecule has 6 nitrogen and oxygen atoms in total. The van der Waals surface area contributed by atoms with Crippen molar-refractivity contribution in [2.75, 3.05) is 5.32 Å². The van der Waals surface area contributed by atoms with E-state index in [2.05, 4.69) is 10.6 Å². The first kappa shape index (κ1) is 19.9. The lowest BCUT2D eigenvalue weighted by Gasteiger charge is -2.22. The maximum absolute atomic E-state index is 12.3. The predicted octanol–water partition coefficient (Wildman–Crippen LogP) is 3.12. The summed E-state index contributed by atoms with van der Waals surface area (Å²) in [5.74, 6) is -0.772. The Labute approximate surface area is 154 Å². The van der Waals surface area contributed by atoms with E-state index in [4.69, 9.17) is 5.11 Å². The maximum Gasteiger partial charge on any atom is 0.303 e. The number of rotatable bonds is 8. The van der Waals surface area contributed by atoms with Crippen LogP contribution in [0.2, 0.25) is 0 Å². The summed E-state index contributed by atoms with van der Waals surface area (Å²) in [6.07, 6.45) is 6.76. The largest absolute Gasteiger partial charge is 0.481 e. The maximum atomic E-state index is 12.3. The Balaban J connectivity index is 1.81. The summed E-state index contributed by atoms with van der Waals surface area (Å²) in [5, 5.41) is 14.3. The highest BCUT2D eigenvalue weighted by atomic mass is 16.4. The van der Waals surface area contributed by atoms with Gasteiger partial charge in [0.05, 0.1) is 0 Å². The molecule has 1 unspecified atom stereocenters. The average Bonchev–Trinajstić information content (AvgIpc) is 2.61. The molecule has 0 radical (unpaired) electrons. The van der Waals surface area contributed by atoms with Crippen molar-refractivity contribution < 1.29 is 19.5 Å². The zero-order valence-corrected chi connectivity index (χ0v) is 15.3. The smallest absolute Gasteiger partial charge is 0.303 e. The molecule has 6 heteroatoms. The molecule has 0 bridgehead atoms. The third-order valence-corrected chi connectivity index (χ3v) is 4.79. The van der Waals surface area contributed by atoms with Crippen LogP contribution < -0.4 is 10.6 Å². The van der Waals surface area contributed by atoms with E-state index in [-0.39, 0.29) is 18.2 Å². The highest BCUT2D eigenvalue weighted by Gasteiger charge is 2.20. The van der Waals surface area contributed by atoms with Crippen molar-refractivity contribution in [1.29, 1.82) is 0 Å². The van der Waals surface area contributed by atoms with Crippen LogP contribution in [0.15, 0.2) is 24.3 Å². The zero-order chi connectivity index (χ0) is 18.9. The topological polar surface area (TPSA) is 95.5 Å². The first-order valence-electron chi connectivity index (χ1n) is 9.35. The number of carboxylic acid groups (broad SMARTS) is 1. The number of carbonyl (C=O) groups excluding carboxylic acids is 2. The lowest BCUT2D eigenvalue weighted by Crippen LogP contribution is -2.42. The van der Waals surface area contributed by atoms with E-state index >= 15 is 0 Å². The van der Waals surface area contributed by atoms with E-state index in [9.17, 15) is 14.4 Å². The van der Waals surface area contributed by atoms with Gasteiger partial charge < -0.3 is 15.7 Å². The molecule has 1 aliphatic rings. The molecule has 3 N–H and O–H groups in total. The van der Waals surface area contributed by atoms with E-state index < -0.39 is 12.0 Å². The third kappa shape index (κ3) is 6.86. The number of aliphatic carboxylic acids is 1. The van der Waals surface area contributed by atoms with Gasteiger partial charge in [-0.2, -0.15) is 0 Å². The molecule has 0 aliphatic heterocycles. The molecule has 26 heavy (non-hydrogen) atoms. The lowest BCUT2D eigenvalue weighted by molar-refractivity contribution is -0.137. The number of aryl methyl sites for hydroxylation is 1. The number of carboxylic acids is 1.